The summed E-state index contributed by atoms with van der Waals surface area (Å²) in [7, 11) is 5.22. The van der Waals surface area contributed by atoms with Gasteiger partial charge in [-0.2, -0.15) is 9.97 Å². The molecule has 0 spiro atoms. The number of piperazine rings is 1. The third-order valence-electron chi connectivity index (χ3n) is 2.96. The molecule has 0 amide bonds. The standard InChI is InChI=1S/C12H19N5O2/c1-16-4-6-17(7-5-16)9-13-12-14-10(18-2)8-11(15-12)19-3/h8-9H,4-7H2,1-3H3. The van der Waals surface area contributed by atoms with Crippen molar-refractivity contribution in [3.8, 4) is 11.8 Å². The second-order valence-electron chi connectivity index (χ2n) is 4.34. The van der Waals surface area contributed by atoms with Crippen molar-refractivity contribution in [1.82, 2.24) is 19.8 Å². The molecule has 104 valence electrons. The van der Waals surface area contributed by atoms with E-state index in [4.69, 9.17) is 9.47 Å². The Morgan fingerprint density at radius 3 is 2.21 bits per heavy atom. The maximum atomic E-state index is 5.08. The fourth-order valence-corrected chi connectivity index (χ4v) is 1.73. The van der Waals surface area contributed by atoms with E-state index in [1.807, 2.05) is 0 Å². The lowest BCUT2D eigenvalue weighted by molar-refractivity contribution is 0.219. The number of aromatic nitrogens is 2. The number of nitrogens with zero attached hydrogens (tertiary/aromatic N) is 5. The number of hydrogen-bond donors (Lipinski definition) is 0. The molecule has 0 aromatic carbocycles. The van der Waals surface area contributed by atoms with Crippen LogP contribution in [0.4, 0.5) is 5.95 Å². The van der Waals surface area contributed by atoms with Gasteiger partial charge < -0.3 is 19.3 Å². The van der Waals surface area contributed by atoms with E-state index >= 15 is 0 Å². The van der Waals surface area contributed by atoms with E-state index in [-0.39, 0.29) is 0 Å². The fraction of sp³-hybridized carbons (Fsp3) is 0.583. The van der Waals surface area contributed by atoms with Crippen LogP contribution in [0.2, 0.25) is 0 Å². The largest absolute Gasteiger partial charge is 0.481 e. The van der Waals surface area contributed by atoms with Gasteiger partial charge in [0.2, 0.25) is 11.8 Å². The van der Waals surface area contributed by atoms with Crippen LogP contribution in [-0.2, 0) is 0 Å². The molecule has 1 fully saturated rings. The number of likely N-dealkylation sites (N-methyl/N-ethyl adjacent to an activating group) is 1. The van der Waals surface area contributed by atoms with E-state index in [1.165, 1.54) is 0 Å². The monoisotopic (exact) mass is 265 g/mol. The molecule has 0 N–H and O–H groups in total. The summed E-state index contributed by atoms with van der Waals surface area (Å²) in [4.78, 5) is 17.0. The summed E-state index contributed by atoms with van der Waals surface area (Å²) in [6, 6.07) is 1.62. The van der Waals surface area contributed by atoms with E-state index < -0.39 is 0 Å². The van der Waals surface area contributed by atoms with Crippen LogP contribution in [0.15, 0.2) is 11.1 Å². The molecule has 0 saturated carbocycles. The maximum Gasteiger partial charge on any atom is 0.257 e. The van der Waals surface area contributed by atoms with E-state index in [2.05, 4.69) is 31.8 Å². The Morgan fingerprint density at radius 1 is 1.11 bits per heavy atom. The number of aliphatic imine (C=N–C) groups is 1. The molecule has 0 bridgehead atoms. The normalized spacial score (nSPS) is 16.9. The zero-order valence-electron chi connectivity index (χ0n) is 11.5. The average molecular weight is 265 g/mol. The van der Waals surface area contributed by atoms with Crippen LogP contribution in [0, 0.1) is 0 Å². The Hall–Kier alpha value is -1.89. The Bertz CT molecular complexity index is 421. The molecular formula is C12H19N5O2. The lowest BCUT2D eigenvalue weighted by Crippen LogP contribution is -2.43. The minimum Gasteiger partial charge on any atom is -0.481 e. The quantitative estimate of drug-likeness (QED) is 0.580. The summed E-state index contributed by atoms with van der Waals surface area (Å²) >= 11 is 0. The van der Waals surface area contributed by atoms with Crippen molar-refractivity contribution in [3.05, 3.63) is 6.07 Å². The van der Waals surface area contributed by atoms with Crippen molar-refractivity contribution in [2.75, 3.05) is 47.4 Å². The molecule has 1 aromatic rings. The second-order valence-corrected chi connectivity index (χ2v) is 4.34. The van der Waals surface area contributed by atoms with E-state index in [0.717, 1.165) is 26.2 Å². The molecule has 0 aliphatic carbocycles. The first-order valence-corrected chi connectivity index (χ1v) is 6.15. The van der Waals surface area contributed by atoms with Crippen LogP contribution >= 0.6 is 0 Å². The van der Waals surface area contributed by atoms with Gasteiger partial charge >= 0.3 is 0 Å². The van der Waals surface area contributed by atoms with Gasteiger partial charge in [0.15, 0.2) is 0 Å². The number of hydrogen-bond acceptors (Lipinski definition) is 6. The predicted molar refractivity (Wildman–Crippen MR) is 72.4 cm³/mol. The molecule has 0 unspecified atom stereocenters. The summed E-state index contributed by atoms with van der Waals surface area (Å²) in [5.41, 5.74) is 0. The predicted octanol–water partition coefficient (Wildman–Crippen LogP) is 0.401. The first kappa shape index (κ1) is 13.5. The fourth-order valence-electron chi connectivity index (χ4n) is 1.73. The SMILES string of the molecule is COc1cc(OC)nc(N=CN2CCN(C)CC2)n1. The van der Waals surface area contributed by atoms with Crippen molar-refractivity contribution >= 4 is 12.3 Å². The third kappa shape index (κ3) is 3.78. The van der Waals surface area contributed by atoms with Crippen molar-refractivity contribution in [1.29, 1.82) is 0 Å². The average Bonchev–Trinajstić information content (AvgIpc) is 2.46. The first-order valence-electron chi connectivity index (χ1n) is 6.15. The Morgan fingerprint density at radius 2 is 1.68 bits per heavy atom. The van der Waals surface area contributed by atoms with Gasteiger partial charge in [0, 0.05) is 26.2 Å². The molecule has 1 aromatic heterocycles. The number of ether oxygens (including phenoxy) is 2. The number of methoxy groups -OCH3 is 2. The van der Waals surface area contributed by atoms with Gasteiger partial charge in [-0.05, 0) is 7.05 Å². The first-order chi connectivity index (χ1) is 9.21. The highest BCUT2D eigenvalue weighted by atomic mass is 16.5. The van der Waals surface area contributed by atoms with Crippen LogP contribution < -0.4 is 9.47 Å². The van der Waals surface area contributed by atoms with Gasteiger partial charge in [0.25, 0.3) is 5.95 Å². The van der Waals surface area contributed by atoms with Crippen molar-refractivity contribution in [2.24, 2.45) is 4.99 Å². The molecule has 19 heavy (non-hydrogen) atoms. The van der Waals surface area contributed by atoms with E-state index in [9.17, 15) is 0 Å². The van der Waals surface area contributed by atoms with E-state index in [1.54, 1.807) is 26.6 Å². The molecule has 1 saturated heterocycles. The minimum atomic E-state index is 0.343. The maximum absolute atomic E-state index is 5.08. The topological polar surface area (TPSA) is 63.1 Å². The molecule has 1 aliphatic rings. The molecule has 7 nitrogen and oxygen atoms in total. The summed E-state index contributed by atoms with van der Waals surface area (Å²) in [6.45, 7) is 3.99. The van der Waals surface area contributed by atoms with Gasteiger partial charge in [-0.25, -0.2) is 4.99 Å². The van der Waals surface area contributed by atoms with Crippen LogP contribution in [0.1, 0.15) is 0 Å². The molecule has 1 aliphatic heterocycles. The van der Waals surface area contributed by atoms with Crippen LogP contribution in [0.3, 0.4) is 0 Å². The smallest absolute Gasteiger partial charge is 0.257 e. The summed E-state index contributed by atoms with van der Waals surface area (Å²) in [5.74, 6) is 1.23. The Balaban J connectivity index is 2.05. The van der Waals surface area contributed by atoms with Crippen molar-refractivity contribution < 1.29 is 9.47 Å². The lowest BCUT2D eigenvalue weighted by atomic mass is 10.3. The molecule has 0 radical (unpaired) electrons. The van der Waals surface area contributed by atoms with Crippen LogP contribution in [0.5, 0.6) is 11.8 Å². The minimum absolute atomic E-state index is 0.343. The van der Waals surface area contributed by atoms with Gasteiger partial charge in [-0.15, -0.1) is 0 Å². The summed E-state index contributed by atoms with van der Waals surface area (Å²) < 4.78 is 10.2. The van der Waals surface area contributed by atoms with Gasteiger partial charge in [0.05, 0.1) is 26.6 Å². The van der Waals surface area contributed by atoms with Crippen molar-refractivity contribution in [3.63, 3.8) is 0 Å². The van der Waals surface area contributed by atoms with Crippen molar-refractivity contribution in [2.45, 2.75) is 0 Å². The lowest BCUT2D eigenvalue weighted by Gasteiger charge is -2.30. The van der Waals surface area contributed by atoms with Crippen LogP contribution in [0.25, 0.3) is 0 Å². The van der Waals surface area contributed by atoms with Gasteiger partial charge in [0.1, 0.15) is 0 Å². The second kappa shape index (κ2) is 6.33. The Labute approximate surface area is 112 Å². The number of rotatable bonds is 4. The summed E-state index contributed by atoms with van der Waals surface area (Å²) in [6.07, 6.45) is 1.78. The molecule has 7 heteroatoms. The van der Waals surface area contributed by atoms with Gasteiger partial charge in [-0.3, -0.25) is 0 Å². The third-order valence-corrected chi connectivity index (χ3v) is 2.96. The zero-order chi connectivity index (χ0) is 13.7. The molecule has 0 atom stereocenters. The van der Waals surface area contributed by atoms with Crippen LogP contribution in [-0.4, -0.2) is 73.6 Å². The highest BCUT2D eigenvalue weighted by Gasteiger charge is 2.11. The molecule has 2 heterocycles. The molecule has 2 rings (SSSR count). The van der Waals surface area contributed by atoms with Gasteiger partial charge in [-0.1, -0.05) is 0 Å². The molecular weight excluding hydrogens is 246 g/mol. The highest BCUT2D eigenvalue weighted by molar-refractivity contribution is 5.59. The Kier molecular flexibility index (Phi) is 4.51. The summed E-state index contributed by atoms with van der Waals surface area (Å²) in [5, 5.41) is 0. The van der Waals surface area contributed by atoms with E-state index in [0.29, 0.717) is 17.7 Å². The zero-order valence-corrected chi connectivity index (χ0v) is 11.5. The highest BCUT2D eigenvalue weighted by Crippen LogP contribution is 2.18.